The van der Waals surface area contributed by atoms with Crippen LogP contribution in [-0.4, -0.2) is 44.8 Å². The van der Waals surface area contributed by atoms with Crippen LogP contribution < -0.4 is 14.8 Å². The van der Waals surface area contributed by atoms with Gasteiger partial charge in [0.1, 0.15) is 0 Å². The molecule has 1 aliphatic heterocycles. The lowest BCUT2D eigenvalue weighted by atomic mass is 10.1. The molecule has 2 rings (SSSR count). The maximum atomic E-state index is 6.50. The van der Waals surface area contributed by atoms with Crippen LogP contribution in [0.25, 0.3) is 0 Å². The molecule has 1 heterocycles. The van der Waals surface area contributed by atoms with Crippen molar-refractivity contribution in [2.45, 2.75) is 32.4 Å². The molecule has 0 spiro atoms. The summed E-state index contributed by atoms with van der Waals surface area (Å²) in [5.41, 5.74) is 1.09. The second kappa shape index (κ2) is 9.46. The van der Waals surface area contributed by atoms with Crippen LogP contribution in [0.1, 0.15) is 25.3 Å². The molecule has 6 heteroatoms. The summed E-state index contributed by atoms with van der Waals surface area (Å²) in [6, 6.07) is 4.56. The Labute approximate surface area is 144 Å². The van der Waals surface area contributed by atoms with Gasteiger partial charge in [-0.3, -0.25) is 4.90 Å². The van der Waals surface area contributed by atoms with Crippen LogP contribution in [0.5, 0.6) is 11.5 Å². The maximum Gasteiger partial charge on any atom is 0.179 e. The van der Waals surface area contributed by atoms with Gasteiger partial charge in [0.15, 0.2) is 11.5 Å². The van der Waals surface area contributed by atoms with E-state index in [1.165, 1.54) is 6.42 Å². The van der Waals surface area contributed by atoms with E-state index in [1.54, 1.807) is 14.2 Å². The molecular formula is C16H26Cl2N2O2. The van der Waals surface area contributed by atoms with E-state index in [-0.39, 0.29) is 12.4 Å². The third-order valence-electron chi connectivity index (χ3n) is 4.00. The second-order valence-corrected chi connectivity index (χ2v) is 5.77. The first-order valence-electron chi connectivity index (χ1n) is 7.55. The summed E-state index contributed by atoms with van der Waals surface area (Å²) in [5, 5.41) is 4.09. The number of methoxy groups -OCH3 is 2. The third kappa shape index (κ3) is 4.42. The van der Waals surface area contributed by atoms with E-state index in [0.29, 0.717) is 22.6 Å². The molecule has 1 aromatic carbocycles. The van der Waals surface area contributed by atoms with Crippen LogP contribution in [-0.2, 0) is 6.54 Å². The lowest BCUT2D eigenvalue weighted by Crippen LogP contribution is -2.37. The molecule has 126 valence electrons. The van der Waals surface area contributed by atoms with E-state index in [4.69, 9.17) is 21.1 Å². The summed E-state index contributed by atoms with van der Waals surface area (Å²) in [5.74, 6) is 1.30. The summed E-state index contributed by atoms with van der Waals surface area (Å²) in [7, 11) is 3.25. The zero-order valence-corrected chi connectivity index (χ0v) is 15.1. The summed E-state index contributed by atoms with van der Waals surface area (Å²) >= 11 is 6.50. The SMILES string of the molecule is CCCN(Cc1ccc(OC)c(OC)c1Cl)C1CCNC1.Cl. The highest BCUT2D eigenvalue weighted by Gasteiger charge is 2.23. The van der Waals surface area contributed by atoms with Gasteiger partial charge in [0.05, 0.1) is 19.2 Å². The quantitative estimate of drug-likeness (QED) is 0.819. The third-order valence-corrected chi connectivity index (χ3v) is 4.41. The molecule has 0 bridgehead atoms. The number of halogens is 2. The average Bonchev–Trinajstić information content (AvgIpc) is 3.02. The van der Waals surface area contributed by atoms with Crippen molar-refractivity contribution in [1.29, 1.82) is 0 Å². The van der Waals surface area contributed by atoms with Crippen molar-refractivity contribution in [3.05, 3.63) is 22.7 Å². The van der Waals surface area contributed by atoms with E-state index >= 15 is 0 Å². The fourth-order valence-corrected chi connectivity index (χ4v) is 3.19. The van der Waals surface area contributed by atoms with Gasteiger partial charge in [-0.1, -0.05) is 24.6 Å². The minimum atomic E-state index is 0. The van der Waals surface area contributed by atoms with Gasteiger partial charge in [-0.2, -0.15) is 0 Å². The zero-order valence-electron chi connectivity index (χ0n) is 13.5. The number of ether oxygens (including phenoxy) is 2. The normalized spacial score (nSPS) is 17.4. The van der Waals surface area contributed by atoms with E-state index in [9.17, 15) is 0 Å². The van der Waals surface area contributed by atoms with Gasteiger partial charge in [-0.15, -0.1) is 12.4 Å². The molecule has 0 saturated carbocycles. The molecule has 0 aliphatic carbocycles. The fraction of sp³-hybridized carbons (Fsp3) is 0.625. The Morgan fingerprint density at radius 2 is 2.09 bits per heavy atom. The zero-order chi connectivity index (χ0) is 15.2. The molecule has 0 radical (unpaired) electrons. The van der Waals surface area contributed by atoms with Crippen LogP contribution in [0.2, 0.25) is 5.02 Å². The minimum Gasteiger partial charge on any atom is -0.493 e. The highest BCUT2D eigenvalue weighted by atomic mass is 35.5. The van der Waals surface area contributed by atoms with Crippen LogP contribution in [0.3, 0.4) is 0 Å². The molecule has 0 aromatic heterocycles. The van der Waals surface area contributed by atoms with Crippen molar-refractivity contribution in [3.8, 4) is 11.5 Å². The van der Waals surface area contributed by atoms with Crippen LogP contribution in [0, 0.1) is 0 Å². The molecule has 1 atom stereocenters. The topological polar surface area (TPSA) is 33.7 Å². The highest BCUT2D eigenvalue weighted by Crippen LogP contribution is 2.38. The van der Waals surface area contributed by atoms with Gasteiger partial charge in [0, 0.05) is 19.1 Å². The Morgan fingerprint density at radius 3 is 2.64 bits per heavy atom. The van der Waals surface area contributed by atoms with Crippen LogP contribution in [0.4, 0.5) is 0 Å². The molecule has 4 nitrogen and oxygen atoms in total. The molecule has 1 saturated heterocycles. The summed E-state index contributed by atoms with van der Waals surface area (Å²) in [6.07, 6.45) is 2.34. The standard InChI is InChI=1S/C16H25ClN2O2.ClH/c1-4-9-19(13-7-8-18-10-13)11-12-5-6-14(20-2)16(21-3)15(12)17;/h5-6,13,18H,4,7-11H2,1-3H3;1H. The number of hydrogen-bond donors (Lipinski definition) is 1. The average molecular weight is 349 g/mol. The fourth-order valence-electron chi connectivity index (χ4n) is 2.90. The van der Waals surface area contributed by atoms with Crippen molar-refractivity contribution < 1.29 is 9.47 Å². The van der Waals surface area contributed by atoms with E-state index in [0.717, 1.165) is 38.2 Å². The molecule has 0 amide bonds. The molecular weight excluding hydrogens is 323 g/mol. The van der Waals surface area contributed by atoms with Gasteiger partial charge in [-0.05, 0) is 37.6 Å². The Hall–Kier alpha value is -0.680. The lowest BCUT2D eigenvalue weighted by Gasteiger charge is -2.28. The first-order valence-corrected chi connectivity index (χ1v) is 7.93. The number of hydrogen-bond acceptors (Lipinski definition) is 4. The Balaban J connectivity index is 0.00000242. The Morgan fingerprint density at radius 1 is 1.32 bits per heavy atom. The molecule has 1 fully saturated rings. The van der Waals surface area contributed by atoms with Crippen LogP contribution >= 0.6 is 24.0 Å². The predicted molar refractivity (Wildman–Crippen MR) is 93.8 cm³/mol. The molecule has 1 aliphatic rings. The minimum absolute atomic E-state index is 0. The van der Waals surface area contributed by atoms with Crippen molar-refractivity contribution in [2.75, 3.05) is 33.9 Å². The number of nitrogens with one attached hydrogen (secondary N) is 1. The predicted octanol–water partition coefficient (Wildman–Crippen LogP) is 3.35. The van der Waals surface area contributed by atoms with Gasteiger partial charge in [0.25, 0.3) is 0 Å². The monoisotopic (exact) mass is 348 g/mol. The van der Waals surface area contributed by atoms with Gasteiger partial charge < -0.3 is 14.8 Å². The van der Waals surface area contributed by atoms with E-state index in [1.807, 2.05) is 12.1 Å². The van der Waals surface area contributed by atoms with E-state index in [2.05, 4.69) is 17.1 Å². The molecule has 1 unspecified atom stereocenters. The highest BCUT2D eigenvalue weighted by molar-refractivity contribution is 6.33. The van der Waals surface area contributed by atoms with Crippen molar-refractivity contribution in [2.24, 2.45) is 0 Å². The van der Waals surface area contributed by atoms with Crippen molar-refractivity contribution >= 4 is 24.0 Å². The molecule has 22 heavy (non-hydrogen) atoms. The molecule has 1 N–H and O–H groups in total. The van der Waals surface area contributed by atoms with Crippen LogP contribution in [0.15, 0.2) is 12.1 Å². The second-order valence-electron chi connectivity index (χ2n) is 5.39. The number of benzene rings is 1. The first-order chi connectivity index (χ1) is 10.2. The Kier molecular flexibility index (Phi) is 8.33. The summed E-state index contributed by atoms with van der Waals surface area (Å²) in [4.78, 5) is 2.51. The van der Waals surface area contributed by atoms with Crippen molar-refractivity contribution in [3.63, 3.8) is 0 Å². The van der Waals surface area contributed by atoms with Gasteiger partial charge >= 0.3 is 0 Å². The smallest absolute Gasteiger partial charge is 0.179 e. The lowest BCUT2D eigenvalue weighted by molar-refractivity contribution is 0.199. The number of nitrogens with zero attached hydrogens (tertiary/aromatic N) is 1. The van der Waals surface area contributed by atoms with Gasteiger partial charge in [0.2, 0.25) is 0 Å². The largest absolute Gasteiger partial charge is 0.493 e. The number of rotatable bonds is 7. The van der Waals surface area contributed by atoms with Gasteiger partial charge in [-0.25, -0.2) is 0 Å². The molecule has 1 aromatic rings. The Bertz CT molecular complexity index is 466. The summed E-state index contributed by atoms with van der Waals surface area (Å²) in [6.45, 7) is 6.30. The van der Waals surface area contributed by atoms with Crippen molar-refractivity contribution in [1.82, 2.24) is 10.2 Å². The van der Waals surface area contributed by atoms with E-state index < -0.39 is 0 Å². The summed E-state index contributed by atoms with van der Waals surface area (Å²) < 4.78 is 10.7. The first kappa shape index (κ1) is 19.4. The maximum absolute atomic E-state index is 6.50.